The maximum Gasteiger partial charge on any atom is 0.123 e. The zero-order valence-electron chi connectivity index (χ0n) is 30.3. The minimum absolute atomic E-state index is 0.285. The summed E-state index contributed by atoms with van der Waals surface area (Å²) in [6.45, 7) is 0. The molecule has 2 nitrogen and oxygen atoms in total. The number of para-hydroxylation sites is 2. The normalized spacial score (nSPS) is 11.4. The van der Waals surface area contributed by atoms with E-state index in [-0.39, 0.29) is 11.6 Å². The highest BCUT2D eigenvalue weighted by Gasteiger charge is 2.25. The van der Waals surface area contributed by atoms with E-state index in [0.29, 0.717) is 0 Å². The molecular formula is C52H34F2N2. The molecule has 0 radical (unpaired) electrons. The summed E-state index contributed by atoms with van der Waals surface area (Å²) in [5.41, 5.74) is 9.97. The molecule has 10 aromatic carbocycles. The fraction of sp³-hybridized carbons (Fsp3) is 0. The Bertz CT molecular complexity index is 2740. The van der Waals surface area contributed by atoms with Crippen LogP contribution in [0.4, 0.5) is 42.9 Å². The Hall–Kier alpha value is -7.30. The van der Waals surface area contributed by atoms with E-state index in [1.807, 2.05) is 72.8 Å². The highest BCUT2D eigenvalue weighted by Crippen LogP contribution is 2.52. The van der Waals surface area contributed by atoms with Crippen LogP contribution in [0.2, 0.25) is 0 Å². The number of hydrogen-bond acceptors (Lipinski definition) is 2. The average Bonchev–Trinajstić information content (AvgIpc) is 3.26. The lowest BCUT2D eigenvalue weighted by Crippen LogP contribution is -2.12. The summed E-state index contributed by atoms with van der Waals surface area (Å²) < 4.78 is 28.9. The molecule has 0 aromatic heterocycles. The molecule has 0 bridgehead atoms. The Labute approximate surface area is 324 Å². The van der Waals surface area contributed by atoms with E-state index in [1.165, 1.54) is 24.3 Å². The number of benzene rings is 10. The fourth-order valence-electron chi connectivity index (χ4n) is 8.23. The standard InChI is InChI=1S/C52H34F2N2/c53-37-21-25-41(26-22-37)55(39-17-9-3-10-18-39)49-33-47(35-13-5-1-6-14-35)43-29-31-46-50(56(40-19-11-4-12-20-40)42-27-23-38(54)24-28-42)34-48(36-15-7-2-8-16-36)44-30-32-45(49)51(43)52(44)46/h1-34H. The van der Waals surface area contributed by atoms with Gasteiger partial charge in [-0.3, -0.25) is 0 Å². The summed E-state index contributed by atoms with van der Waals surface area (Å²) in [5, 5.41) is 6.65. The van der Waals surface area contributed by atoms with Crippen LogP contribution in [0.5, 0.6) is 0 Å². The molecule has 0 atom stereocenters. The Balaban J connectivity index is 1.38. The maximum absolute atomic E-state index is 14.5. The molecule has 0 amide bonds. The Morgan fingerprint density at radius 2 is 0.589 bits per heavy atom. The van der Waals surface area contributed by atoms with Crippen LogP contribution in [-0.4, -0.2) is 0 Å². The van der Waals surface area contributed by atoms with Crippen LogP contribution in [0.15, 0.2) is 206 Å². The molecule has 0 saturated heterocycles. The smallest absolute Gasteiger partial charge is 0.123 e. The van der Waals surface area contributed by atoms with Crippen molar-refractivity contribution in [2.75, 3.05) is 9.80 Å². The molecule has 0 unspecified atom stereocenters. The van der Waals surface area contributed by atoms with Crippen LogP contribution in [0, 0.1) is 11.6 Å². The lowest BCUT2D eigenvalue weighted by Gasteiger charge is -2.31. The molecule has 0 aliphatic carbocycles. The first kappa shape index (κ1) is 33.3. The second kappa shape index (κ2) is 13.8. The highest BCUT2D eigenvalue weighted by atomic mass is 19.1. The van der Waals surface area contributed by atoms with Crippen molar-refractivity contribution in [2.45, 2.75) is 0 Å². The second-order valence-corrected chi connectivity index (χ2v) is 14.0. The van der Waals surface area contributed by atoms with Crippen LogP contribution in [0.3, 0.4) is 0 Å². The molecular weight excluding hydrogens is 691 g/mol. The Kier molecular flexibility index (Phi) is 8.23. The van der Waals surface area contributed by atoms with Gasteiger partial charge in [0.25, 0.3) is 0 Å². The number of nitrogens with zero attached hydrogens (tertiary/aromatic N) is 2. The zero-order valence-corrected chi connectivity index (χ0v) is 30.3. The zero-order chi connectivity index (χ0) is 37.6. The summed E-state index contributed by atoms with van der Waals surface area (Å²) in [4.78, 5) is 4.46. The Morgan fingerprint density at radius 3 is 0.946 bits per heavy atom. The third-order valence-electron chi connectivity index (χ3n) is 10.7. The molecule has 0 heterocycles. The van der Waals surface area contributed by atoms with Gasteiger partial charge in [-0.05, 0) is 118 Å². The van der Waals surface area contributed by atoms with Gasteiger partial charge in [0, 0.05) is 44.3 Å². The van der Waals surface area contributed by atoms with E-state index < -0.39 is 0 Å². The molecule has 0 saturated carbocycles. The largest absolute Gasteiger partial charge is 0.310 e. The minimum atomic E-state index is -0.285. The van der Waals surface area contributed by atoms with E-state index in [4.69, 9.17) is 0 Å². The lowest BCUT2D eigenvalue weighted by atomic mass is 9.85. The van der Waals surface area contributed by atoms with Gasteiger partial charge in [0.05, 0.1) is 11.4 Å². The van der Waals surface area contributed by atoms with Gasteiger partial charge in [-0.15, -0.1) is 0 Å². The molecule has 4 heteroatoms. The summed E-state index contributed by atoms with van der Waals surface area (Å²) >= 11 is 0. The van der Waals surface area contributed by atoms with Crippen molar-refractivity contribution >= 4 is 66.4 Å². The van der Waals surface area contributed by atoms with Crippen molar-refractivity contribution in [1.82, 2.24) is 0 Å². The van der Waals surface area contributed by atoms with Crippen molar-refractivity contribution in [3.63, 3.8) is 0 Å². The van der Waals surface area contributed by atoms with Gasteiger partial charge in [-0.2, -0.15) is 0 Å². The van der Waals surface area contributed by atoms with Crippen LogP contribution in [0.25, 0.3) is 54.6 Å². The van der Waals surface area contributed by atoms with E-state index >= 15 is 0 Å². The second-order valence-electron chi connectivity index (χ2n) is 14.0. The van der Waals surface area contributed by atoms with Crippen molar-refractivity contribution in [2.24, 2.45) is 0 Å². The van der Waals surface area contributed by atoms with E-state index in [2.05, 4.69) is 119 Å². The molecule has 10 aromatic rings. The van der Waals surface area contributed by atoms with Gasteiger partial charge in [0.15, 0.2) is 0 Å². The van der Waals surface area contributed by atoms with E-state index in [9.17, 15) is 8.78 Å². The van der Waals surface area contributed by atoms with E-state index in [0.717, 1.165) is 88.7 Å². The molecule has 266 valence electrons. The minimum Gasteiger partial charge on any atom is -0.310 e. The van der Waals surface area contributed by atoms with Gasteiger partial charge in [-0.1, -0.05) is 121 Å². The van der Waals surface area contributed by atoms with Gasteiger partial charge in [0.1, 0.15) is 11.6 Å². The Morgan fingerprint density at radius 1 is 0.286 bits per heavy atom. The first-order valence-electron chi connectivity index (χ1n) is 18.7. The molecule has 0 spiro atoms. The first-order chi connectivity index (χ1) is 27.6. The van der Waals surface area contributed by atoms with E-state index in [1.54, 1.807) is 0 Å². The monoisotopic (exact) mass is 724 g/mol. The van der Waals surface area contributed by atoms with Gasteiger partial charge in [-0.25, -0.2) is 8.78 Å². The fourth-order valence-corrected chi connectivity index (χ4v) is 8.23. The molecule has 10 rings (SSSR count). The van der Waals surface area contributed by atoms with Crippen LogP contribution in [0.1, 0.15) is 0 Å². The predicted molar refractivity (Wildman–Crippen MR) is 230 cm³/mol. The lowest BCUT2D eigenvalue weighted by molar-refractivity contribution is 0.627. The SMILES string of the molecule is Fc1ccc(N(c2ccccc2)c2cc(-c3ccccc3)c3ccc4c(N(c5ccccc5)c5ccc(F)cc5)cc(-c5ccccc5)c5ccc2c3c54)cc1. The van der Waals surface area contributed by atoms with Gasteiger partial charge in [0.2, 0.25) is 0 Å². The highest BCUT2D eigenvalue weighted by molar-refractivity contribution is 6.32. The van der Waals surface area contributed by atoms with Crippen LogP contribution < -0.4 is 9.80 Å². The molecule has 0 aliphatic rings. The molecule has 0 N–H and O–H groups in total. The van der Waals surface area contributed by atoms with Crippen LogP contribution in [-0.2, 0) is 0 Å². The number of rotatable bonds is 8. The van der Waals surface area contributed by atoms with Crippen molar-refractivity contribution in [3.8, 4) is 22.3 Å². The maximum atomic E-state index is 14.5. The van der Waals surface area contributed by atoms with Gasteiger partial charge >= 0.3 is 0 Å². The summed E-state index contributed by atoms with van der Waals surface area (Å²) in [7, 11) is 0. The summed E-state index contributed by atoms with van der Waals surface area (Å²) in [6, 6.07) is 68.6. The number of hydrogen-bond donors (Lipinski definition) is 0. The average molecular weight is 725 g/mol. The summed E-state index contributed by atoms with van der Waals surface area (Å²) in [5.74, 6) is -0.570. The first-order valence-corrected chi connectivity index (χ1v) is 18.7. The number of halogens is 2. The number of anilines is 6. The molecule has 56 heavy (non-hydrogen) atoms. The summed E-state index contributed by atoms with van der Waals surface area (Å²) in [6.07, 6.45) is 0. The molecule has 0 fully saturated rings. The van der Waals surface area contributed by atoms with Crippen LogP contribution >= 0.6 is 0 Å². The van der Waals surface area contributed by atoms with Crippen molar-refractivity contribution < 1.29 is 8.78 Å². The third-order valence-corrected chi connectivity index (χ3v) is 10.7. The third kappa shape index (κ3) is 5.71. The topological polar surface area (TPSA) is 6.48 Å². The van der Waals surface area contributed by atoms with Crippen molar-refractivity contribution in [3.05, 3.63) is 218 Å². The molecule has 0 aliphatic heterocycles. The van der Waals surface area contributed by atoms with Gasteiger partial charge < -0.3 is 9.80 Å². The van der Waals surface area contributed by atoms with Crippen molar-refractivity contribution in [1.29, 1.82) is 0 Å². The predicted octanol–water partition coefficient (Wildman–Crippen LogP) is 15.1. The quantitative estimate of drug-likeness (QED) is 0.144.